The molecule has 1 heterocycles. The zero-order valence-corrected chi connectivity index (χ0v) is 16.7. The highest BCUT2D eigenvalue weighted by Gasteiger charge is 2.25. The number of nitrogens with one attached hydrogen (secondary N) is 2. The maximum atomic E-state index is 12.6. The number of methoxy groups -OCH3 is 1. The number of hydrogen-bond acceptors (Lipinski definition) is 7. The van der Waals surface area contributed by atoms with Crippen molar-refractivity contribution in [1.29, 1.82) is 0 Å². The number of aromatic nitrogens is 2. The van der Waals surface area contributed by atoms with E-state index in [1.54, 1.807) is 43.1 Å². The molecule has 2 rings (SSSR count). The van der Waals surface area contributed by atoms with E-state index in [1.807, 2.05) is 20.8 Å². The second kappa shape index (κ2) is 9.54. The van der Waals surface area contributed by atoms with Gasteiger partial charge in [0.25, 0.3) is 5.91 Å². The molecular weight excluding hydrogens is 372 g/mol. The third-order valence-corrected chi connectivity index (χ3v) is 5.35. The number of ether oxygens (including phenoxy) is 1. The van der Waals surface area contributed by atoms with E-state index >= 15 is 0 Å². The lowest BCUT2D eigenvalue weighted by Crippen LogP contribution is -2.47. The molecule has 0 unspecified atom stereocenters. The molecule has 0 bridgehead atoms. The molecule has 2 aromatic rings. The van der Waals surface area contributed by atoms with Crippen molar-refractivity contribution in [2.45, 2.75) is 31.2 Å². The highest BCUT2D eigenvalue weighted by molar-refractivity contribution is 8.01. The molecule has 0 radical (unpaired) electrons. The Morgan fingerprint density at radius 1 is 1.23 bits per heavy atom. The van der Waals surface area contributed by atoms with Gasteiger partial charge < -0.3 is 10.1 Å². The van der Waals surface area contributed by atoms with Crippen LogP contribution in [0.4, 0.5) is 5.13 Å². The van der Waals surface area contributed by atoms with Crippen molar-refractivity contribution in [3.8, 4) is 5.75 Å². The summed E-state index contributed by atoms with van der Waals surface area (Å²) in [6.45, 7) is 5.77. The number of thioether (sulfide) groups is 1. The third-order valence-electron chi connectivity index (χ3n) is 3.49. The first-order valence-electron chi connectivity index (χ1n) is 8.16. The molecule has 0 fully saturated rings. The number of hydrogen-bond donors (Lipinski definition) is 2. The summed E-state index contributed by atoms with van der Waals surface area (Å²) >= 11 is 2.88. The SMILES string of the molecule is CCSc1nnc(NC(=O)[C@H](NC(=O)c2ccc(OC)cc2)C(C)C)s1. The van der Waals surface area contributed by atoms with E-state index in [4.69, 9.17) is 4.74 Å². The molecule has 2 amide bonds. The highest BCUT2D eigenvalue weighted by Crippen LogP contribution is 2.25. The lowest BCUT2D eigenvalue weighted by Gasteiger charge is -2.21. The van der Waals surface area contributed by atoms with Crippen molar-refractivity contribution >= 4 is 40.0 Å². The van der Waals surface area contributed by atoms with E-state index in [1.165, 1.54) is 11.3 Å². The van der Waals surface area contributed by atoms with Crippen LogP contribution in [0.25, 0.3) is 0 Å². The standard InChI is InChI=1S/C17H22N4O3S2/c1-5-25-17-21-20-16(26-17)19-15(23)13(10(2)3)18-14(22)11-6-8-12(24-4)9-7-11/h6-10,13H,5H2,1-4H3,(H,18,22)(H,19,20,23)/t13-/m1/s1. The lowest BCUT2D eigenvalue weighted by molar-refractivity contribution is -0.118. The van der Waals surface area contributed by atoms with Crippen molar-refractivity contribution in [2.24, 2.45) is 5.92 Å². The Labute approximate surface area is 160 Å². The number of rotatable bonds is 8. The average molecular weight is 395 g/mol. The zero-order chi connectivity index (χ0) is 19.1. The van der Waals surface area contributed by atoms with Crippen molar-refractivity contribution in [3.05, 3.63) is 29.8 Å². The quantitative estimate of drug-likeness (QED) is 0.528. The Hall–Kier alpha value is -2.13. The van der Waals surface area contributed by atoms with Gasteiger partial charge in [0, 0.05) is 5.56 Å². The van der Waals surface area contributed by atoms with Gasteiger partial charge in [-0.1, -0.05) is 43.9 Å². The summed E-state index contributed by atoms with van der Waals surface area (Å²) in [6.07, 6.45) is 0. The number of benzene rings is 1. The molecule has 1 aromatic carbocycles. The third kappa shape index (κ3) is 5.43. The Morgan fingerprint density at radius 2 is 1.92 bits per heavy atom. The van der Waals surface area contributed by atoms with Crippen molar-refractivity contribution in [2.75, 3.05) is 18.2 Å². The van der Waals surface area contributed by atoms with Gasteiger partial charge in [0.15, 0.2) is 4.34 Å². The number of nitrogens with zero attached hydrogens (tertiary/aromatic N) is 2. The van der Waals surface area contributed by atoms with E-state index in [-0.39, 0.29) is 17.7 Å². The largest absolute Gasteiger partial charge is 0.497 e. The Bertz CT molecular complexity index is 747. The second-order valence-corrected chi connectivity index (χ2v) is 8.21. The fourth-order valence-electron chi connectivity index (χ4n) is 2.13. The van der Waals surface area contributed by atoms with E-state index in [9.17, 15) is 9.59 Å². The van der Waals surface area contributed by atoms with E-state index < -0.39 is 6.04 Å². The van der Waals surface area contributed by atoms with Crippen LogP contribution in [-0.2, 0) is 4.79 Å². The Balaban J connectivity index is 2.03. The number of carbonyl (C=O) groups excluding carboxylic acids is 2. The van der Waals surface area contributed by atoms with E-state index in [0.29, 0.717) is 16.4 Å². The van der Waals surface area contributed by atoms with Crippen LogP contribution >= 0.6 is 23.1 Å². The first-order chi connectivity index (χ1) is 12.4. The lowest BCUT2D eigenvalue weighted by atomic mass is 10.0. The first kappa shape index (κ1) is 20.2. The van der Waals surface area contributed by atoms with Gasteiger partial charge in [-0.3, -0.25) is 14.9 Å². The molecule has 0 aliphatic heterocycles. The molecule has 0 spiro atoms. The van der Waals surface area contributed by atoms with Crippen molar-refractivity contribution in [1.82, 2.24) is 15.5 Å². The minimum absolute atomic E-state index is 0.0883. The summed E-state index contributed by atoms with van der Waals surface area (Å²) in [5.74, 6) is 0.827. The van der Waals surface area contributed by atoms with Gasteiger partial charge >= 0.3 is 0 Å². The maximum absolute atomic E-state index is 12.6. The topological polar surface area (TPSA) is 93.2 Å². The van der Waals surface area contributed by atoms with Gasteiger partial charge in [0.2, 0.25) is 11.0 Å². The van der Waals surface area contributed by atoms with Crippen LogP contribution < -0.4 is 15.4 Å². The van der Waals surface area contributed by atoms with E-state index in [2.05, 4.69) is 20.8 Å². The van der Waals surface area contributed by atoms with Crippen LogP contribution in [0.2, 0.25) is 0 Å². The number of anilines is 1. The Morgan fingerprint density at radius 3 is 2.50 bits per heavy atom. The van der Waals surface area contributed by atoms with Crippen LogP contribution in [0.3, 0.4) is 0 Å². The zero-order valence-electron chi connectivity index (χ0n) is 15.1. The molecule has 2 N–H and O–H groups in total. The normalized spacial score (nSPS) is 11.9. The monoisotopic (exact) mass is 394 g/mol. The van der Waals surface area contributed by atoms with Gasteiger partial charge in [-0.15, -0.1) is 10.2 Å². The van der Waals surface area contributed by atoms with Crippen LogP contribution in [0.1, 0.15) is 31.1 Å². The maximum Gasteiger partial charge on any atom is 0.251 e. The summed E-state index contributed by atoms with van der Waals surface area (Å²) < 4.78 is 5.88. The van der Waals surface area contributed by atoms with Gasteiger partial charge in [-0.25, -0.2) is 0 Å². The molecular formula is C17H22N4O3S2. The van der Waals surface area contributed by atoms with Crippen molar-refractivity contribution in [3.63, 3.8) is 0 Å². The molecule has 7 nitrogen and oxygen atoms in total. The summed E-state index contributed by atoms with van der Waals surface area (Å²) in [5, 5.41) is 13.9. The molecule has 9 heteroatoms. The number of carbonyl (C=O) groups is 2. The van der Waals surface area contributed by atoms with Gasteiger partial charge in [-0.2, -0.15) is 0 Å². The summed E-state index contributed by atoms with van der Waals surface area (Å²) in [7, 11) is 1.56. The van der Waals surface area contributed by atoms with Gasteiger partial charge in [0.1, 0.15) is 11.8 Å². The van der Waals surface area contributed by atoms with Crippen LogP contribution in [0.15, 0.2) is 28.6 Å². The minimum Gasteiger partial charge on any atom is -0.497 e. The molecule has 1 atom stereocenters. The second-order valence-electron chi connectivity index (χ2n) is 5.72. The van der Waals surface area contributed by atoms with Crippen molar-refractivity contribution < 1.29 is 14.3 Å². The fraction of sp³-hybridized carbons (Fsp3) is 0.412. The fourth-order valence-corrected chi connectivity index (χ4v) is 3.78. The molecule has 0 saturated carbocycles. The predicted octanol–water partition coefficient (Wildman–Crippen LogP) is 3.05. The molecule has 26 heavy (non-hydrogen) atoms. The van der Waals surface area contributed by atoms with Gasteiger partial charge in [0.05, 0.1) is 7.11 Å². The molecule has 0 saturated heterocycles. The Kier molecular flexibility index (Phi) is 7.40. The smallest absolute Gasteiger partial charge is 0.251 e. The minimum atomic E-state index is -0.684. The molecule has 0 aliphatic rings. The summed E-state index contributed by atoms with van der Waals surface area (Å²) in [6, 6.07) is 6.03. The number of amides is 2. The van der Waals surface area contributed by atoms with Crippen LogP contribution in [0.5, 0.6) is 5.75 Å². The van der Waals surface area contributed by atoms with Crippen LogP contribution in [0, 0.1) is 5.92 Å². The molecule has 1 aromatic heterocycles. The first-order valence-corrected chi connectivity index (χ1v) is 9.96. The summed E-state index contributed by atoms with van der Waals surface area (Å²) in [5.41, 5.74) is 0.460. The summed E-state index contributed by atoms with van der Waals surface area (Å²) in [4.78, 5) is 25.0. The average Bonchev–Trinajstić information content (AvgIpc) is 3.06. The van der Waals surface area contributed by atoms with Gasteiger partial charge in [-0.05, 0) is 35.9 Å². The van der Waals surface area contributed by atoms with Crippen LogP contribution in [-0.4, -0.2) is 40.9 Å². The van der Waals surface area contributed by atoms with E-state index in [0.717, 1.165) is 10.1 Å². The highest BCUT2D eigenvalue weighted by atomic mass is 32.2. The molecule has 140 valence electrons. The molecule has 0 aliphatic carbocycles. The predicted molar refractivity (Wildman–Crippen MR) is 104 cm³/mol.